The topological polar surface area (TPSA) is 69.7 Å². The van der Waals surface area contributed by atoms with Gasteiger partial charge in [-0.2, -0.15) is 0 Å². The third kappa shape index (κ3) is 2.11. The Balaban J connectivity index is 2.08. The van der Waals surface area contributed by atoms with Gasteiger partial charge in [-0.15, -0.1) is 0 Å². The lowest BCUT2D eigenvalue weighted by Gasteiger charge is -2.29. The molecule has 3 rings (SSSR count). The lowest BCUT2D eigenvalue weighted by atomic mass is 9.79. The van der Waals surface area contributed by atoms with Crippen molar-refractivity contribution in [2.45, 2.75) is 46.3 Å². The van der Waals surface area contributed by atoms with Crippen LogP contribution in [0.15, 0.2) is 22.8 Å². The molecule has 0 aromatic carbocycles. The maximum absolute atomic E-state index is 12.3. The van der Waals surface area contributed by atoms with E-state index in [2.05, 4.69) is 0 Å². The molecular formula is C17H20O5. The normalized spacial score (nSPS) is 37.3. The van der Waals surface area contributed by atoms with Crippen molar-refractivity contribution < 1.29 is 23.9 Å². The van der Waals surface area contributed by atoms with Gasteiger partial charge >= 0.3 is 11.9 Å². The maximum atomic E-state index is 12.3. The van der Waals surface area contributed by atoms with E-state index in [0.717, 1.165) is 11.1 Å². The van der Waals surface area contributed by atoms with Crippen molar-refractivity contribution >= 4 is 17.7 Å². The van der Waals surface area contributed by atoms with Crippen molar-refractivity contribution in [2.24, 2.45) is 17.8 Å². The molecule has 0 aromatic rings. The minimum atomic E-state index is -0.429. The van der Waals surface area contributed by atoms with Gasteiger partial charge in [-0.05, 0) is 19.9 Å². The molecular weight excluding hydrogens is 284 g/mol. The van der Waals surface area contributed by atoms with Crippen LogP contribution in [0.4, 0.5) is 0 Å². The second kappa shape index (κ2) is 5.07. The summed E-state index contributed by atoms with van der Waals surface area (Å²) >= 11 is 0. The zero-order chi connectivity index (χ0) is 16.2. The fourth-order valence-corrected chi connectivity index (χ4v) is 4.12. The molecule has 3 aliphatic rings. The van der Waals surface area contributed by atoms with Crippen LogP contribution in [0.3, 0.4) is 0 Å². The number of rotatable bonds is 1. The van der Waals surface area contributed by atoms with Gasteiger partial charge in [0, 0.05) is 30.8 Å². The number of hydrogen-bond donors (Lipinski definition) is 0. The standard InChI is InChI=1S/C17H20O5/c1-7-5-11(19)13-8(2)6-12(21-10(4)18)15-9(3)17(20)22-16(15)14(7)13/h5,9,12,14-16H,6H2,1-4H3/t9-,12?,14?,15?,16+/m0/s1. The Morgan fingerprint density at radius 3 is 2.64 bits per heavy atom. The van der Waals surface area contributed by atoms with Crippen LogP contribution in [0.1, 0.15) is 34.1 Å². The number of allylic oxidation sites excluding steroid dienone is 1. The van der Waals surface area contributed by atoms with Crippen LogP contribution >= 0.6 is 0 Å². The summed E-state index contributed by atoms with van der Waals surface area (Å²) in [5, 5.41) is 0. The van der Waals surface area contributed by atoms with E-state index in [1.807, 2.05) is 13.8 Å². The van der Waals surface area contributed by atoms with Crippen LogP contribution in [0.5, 0.6) is 0 Å². The molecule has 5 atom stereocenters. The second-order valence-electron chi connectivity index (χ2n) is 6.54. The van der Waals surface area contributed by atoms with Gasteiger partial charge in [0.15, 0.2) is 5.78 Å². The number of fused-ring (bicyclic) bond motifs is 3. The van der Waals surface area contributed by atoms with Crippen LogP contribution in [0.25, 0.3) is 0 Å². The van der Waals surface area contributed by atoms with E-state index in [4.69, 9.17) is 9.47 Å². The summed E-state index contributed by atoms with van der Waals surface area (Å²) in [5.74, 6) is -1.44. The minimum Gasteiger partial charge on any atom is -0.462 e. The van der Waals surface area contributed by atoms with E-state index in [-0.39, 0.29) is 35.5 Å². The van der Waals surface area contributed by atoms with E-state index in [0.29, 0.717) is 12.0 Å². The van der Waals surface area contributed by atoms with E-state index in [1.54, 1.807) is 13.0 Å². The molecule has 0 spiro atoms. The monoisotopic (exact) mass is 304 g/mol. The molecule has 1 fully saturated rings. The molecule has 22 heavy (non-hydrogen) atoms. The Bertz CT molecular complexity index is 627. The van der Waals surface area contributed by atoms with Gasteiger partial charge in [0.1, 0.15) is 12.2 Å². The van der Waals surface area contributed by atoms with Gasteiger partial charge in [-0.1, -0.05) is 18.1 Å². The molecule has 5 nitrogen and oxygen atoms in total. The summed E-state index contributed by atoms with van der Waals surface area (Å²) < 4.78 is 11.1. The Labute approximate surface area is 129 Å². The van der Waals surface area contributed by atoms with Crippen molar-refractivity contribution in [3.8, 4) is 0 Å². The zero-order valence-corrected chi connectivity index (χ0v) is 13.2. The van der Waals surface area contributed by atoms with Crippen LogP contribution < -0.4 is 0 Å². The largest absolute Gasteiger partial charge is 0.462 e. The Kier molecular flexibility index (Phi) is 3.46. The molecule has 1 saturated heterocycles. The smallest absolute Gasteiger partial charge is 0.309 e. The summed E-state index contributed by atoms with van der Waals surface area (Å²) in [6.07, 6.45) is 1.24. The molecule has 0 aromatic heterocycles. The molecule has 0 saturated carbocycles. The van der Waals surface area contributed by atoms with E-state index < -0.39 is 12.2 Å². The molecule has 0 amide bonds. The summed E-state index contributed by atoms with van der Waals surface area (Å²) in [6.45, 7) is 6.96. The molecule has 1 aliphatic heterocycles. The first-order chi connectivity index (χ1) is 10.3. The molecule has 3 unspecified atom stereocenters. The zero-order valence-electron chi connectivity index (χ0n) is 13.2. The fourth-order valence-electron chi connectivity index (χ4n) is 4.12. The van der Waals surface area contributed by atoms with Gasteiger partial charge in [-0.3, -0.25) is 14.4 Å². The molecule has 0 N–H and O–H groups in total. The number of ether oxygens (including phenoxy) is 2. The Morgan fingerprint density at radius 1 is 1.32 bits per heavy atom. The van der Waals surface area contributed by atoms with Crippen LogP contribution in [-0.4, -0.2) is 29.9 Å². The summed E-state index contributed by atoms with van der Waals surface area (Å²) in [7, 11) is 0. The summed E-state index contributed by atoms with van der Waals surface area (Å²) in [5.41, 5.74) is 2.55. The quantitative estimate of drug-likeness (QED) is 0.693. The number of esters is 2. The third-order valence-electron chi connectivity index (χ3n) is 5.05. The average Bonchev–Trinajstić information content (AvgIpc) is 2.81. The highest BCUT2D eigenvalue weighted by molar-refractivity contribution is 6.09. The molecule has 5 heteroatoms. The van der Waals surface area contributed by atoms with Gasteiger partial charge < -0.3 is 9.47 Å². The first kappa shape index (κ1) is 15.0. The highest BCUT2D eigenvalue weighted by atomic mass is 16.6. The van der Waals surface area contributed by atoms with Gasteiger partial charge in [-0.25, -0.2) is 0 Å². The number of carbonyl (C=O) groups excluding carboxylic acids is 3. The Morgan fingerprint density at radius 2 is 2.00 bits per heavy atom. The van der Waals surface area contributed by atoms with Gasteiger partial charge in [0.05, 0.1) is 5.92 Å². The first-order valence-electron chi connectivity index (χ1n) is 7.61. The molecule has 118 valence electrons. The minimum absolute atomic E-state index is 0.0159. The molecule has 1 heterocycles. The summed E-state index contributed by atoms with van der Waals surface area (Å²) in [6, 6.07) is 0. The lowest BCUT2D eigenvalue weighted by Crippen LogP contribution is -2.37. The SMILES string of the molecule is CC(=O)OC1CC(C)=C2C(=O)C=C(C)C2[C@H]2OC(=O)[C@@H](C)C12. The Hall–Kier alpha value is -1.91. The number of carbonyl (C=O) groups is 3. The highest BCUT2D eigenvalue weighted by Crippen LogP contribution is 2.48. The van der Waals surface area contributed by atoms with Crippen LogP contribution in [0, 0.1) is 17.8 Å². The van der Waals surface area contributed by atoms with Crippen molar-refractivity contribution in [1.82, 2.24) is 0 Å². The van der Waals surface area contributed by atoms with Gasteiger partial charge in [0.2, 0.25) is 0 Å². The molecule has 0 radical (unpaired) electrons. The van der Waals surface area contributed by atoms with E-state index >= 15 is 0 Å². The predicted octanol–water partition coefficient (Wildman–Crippen LogP) is 1.96. The lowest BCUT2D eigenvalue weighted by molar-refractivity contribution is -0.150. The van der Waals surface area contributed by atoms with E-state index in [9.17, 15) is 14.4 Å². The molecule has 2 aliphatic carbocycles. The number of ketones is 1. The van der Waals surface area contributed by atoms with Crippen LogP contribution in [-0.2, 0) is 23.9 Å². The fraction of sp³-hybridized carbons (Fsp3) is 0.588. The maximum Gasteiger partial charge on any atom is 0.309 e. The van der Waals surface area contributed by atoms with Crippen molar-refractivity contribution in [3.05, 3.63) is 22.8 Å². The van der Waals surface area contributed by atoms with Crippen molar-refractivity contribution in [3.63, 3.8) is 0 Å². The van der Waals surface area contributed by atoms with E-state index in [1.165, 1.54) is 6.92 Å². The average molecular weight is 304 g/mol. The third-order valence-corrected chi connectivity index (χ3v) is 5.05. The predicted molar refractivity (Wildman–Crippen MR) is 77.7 cm³/mol. The van der Waals surface area contributed by atoms with Gasteiger partial charge in [0.25, 0.3) is 0 Å². The highest BCUT2D eigenvalue weighted by Gasteiger charge is 2.55. The number of hydrogen-bond acceptors (Lipinski definition) is 5. The first-order valence-corrected chi connectivity index (χ1v) is 7.61. The second-order valence-corrected chi connectivity index (χ2v) is 6.54. The molecule has 0 bridgehead atoms. The van der Waals surface area contributed by atoms with Crippen molar-refractivity contribution in [1.29, 1.82) is 0 Å². The van der Waals surface area contributed by atoms with Crippen molar-refractivity contribution in [2.75, 3.05) is 0 Å². The summed E-state index contributed by atoms with van der Waals surface area (Å²) in [4.78, 5) is 35.8. The van der Waals surface area contributed by atoms with Crippen LogP contribution in [0.2, 0.25) is 0 Å².